The largest absolute Gasteiger partial charge is 0.478 e. The standard InChI is InChI=1S/C23H17FN4O3S/c24-19-5-1-15(2-6-19)13-32-23-27-21(29)18(9-16-10-25-14-26-11-16)12-28(23)20-7-3-17(4-8-20)22(30)31/h1-8,10-12,14H,9,13H2,(H,30,31). The van der Waals surface area contributed by atoms with Crippen LogP contribution in [0.4, 0.5) is 4.39 Å². The normalized spacial score (nSPS) is 10.8. The molecule has 0 aliphatic rings. The number of rotatable bonds is 7. The molecule has 0 bridgehead atoms. The van der Waals surface area contributed by atoms with E-state index in [-0.39, 0.29) is 16.9 Å². The van der Waals surface area contributed by atoms with Gasteiger partial charge in [-0.3, -0.25) is 9.36 Å². The number of thioether (sulfide) groups is 1. The van der Waals surface area contributed by atoms with Crippen molar-refractivity contribution in [3.63, 3.8) is 0 Å². The van der Waals surface area contributed by atoms with E-state index >= 15 is 0 Å². The summed E-state index contributed by atoms with van der Waals surface area (Å²) in [6.45, 7) is 0. The summed E-state index contributed by atoms with van der Waals surface area (Å²) in [5, 5.41) is 9.61. The first kappa shape index (κ1) is 21.4. The minimum Gasteiger partial charge on any atom is -0.478 e. The Bertz CT molecular complexity index is 1290. The van der Waals surface area contributed by atoms with E-state index in [4.69, 9.17) is 0 Å². The van der Waals surface area contributed by atoms with Gasteiger partial charge in [-0.1, -0.05) is 23.9 Å². The second-order valence-corrected chi connectivity index (χ2v) is 7.86. The molecule has 7 nitrogen and oxygen atoms in total. The lowest BCUT2D eigenvalue weighted by atomic mass is 10.1. The molecule has 0 atom stereocenters. The number of nitrogens with zero attached hydrogens (tertiary/aromatic N) is 4. The summed E-state index contributed by atoms with van der Waals surface area (Å²) in [5.74, 6) is -0.863. The van der Waals surface area contributed by atoms with Crippen molar-refractivity contribution in [2.24, 2.45) is 0 Å². The number of aromatic nitrogens is 4. The van der Waals surface area contributed by atoms with Gasteiger partial charge in [0.05, 0.1) is 5.56 Å². The van der Waals surface area contributed by atoms with Crippen molar-refractivity contribution in [3.05, 3.63) is 112 Å². The lowest BCUT2D eigenvalue weighted by Crippen LogP contribution is -2.19. The molecule has 1 N–H and O–H groups in total. The molecule has 9 heteroatoms. The maximum Gasteiger partial charge on any atom is 0.335 e. The van der Waals surface area contributed by atoms with E-state index in [9.17, 15) is 19.1 Å². The molecule has 0 spiro atoms. The molecule has 0 fully saturated rings. The zero-order valence-corrected chi connectivity index (χ0v) is 17.5. The molecule has 4 rings (SSSR count). The van der Waals surface area contributed by atoms with Gasteiger partial charge >= 0.3 is 5.97 Å². The van der Waals surface area contributed by atoms with E-state index in [0.717, 1.165) is 11.1 Å². The van der Waals surface area contributed by atoms with E-state index in [1.807, 2.05) is 0 Å². The third kappa shape index (κ3) is 5.06. The number of halogens is 1. The van der Waals surface area contributed by atoms with Gasteiger partial charge in [0.1, 0.15) is 12.1 Å². The highest BCUT2D eigenvalue weighted by atomic mass is 32.2. The Morgan fingerprint density at radius 1 is 1.00 bits per heavy atom. The van der Waals surface area contributed by atoms with Crippen molar-refractivity contribution in [1.29, 1.82) is 0 Å². The summed E-state index contributed by atoms with van der Waals surface area (Å²) in [7, 11) is 0. The predicted molar refractivity (Wildman–Crippen MR) is 118 cm³/mol. The molecule has 4 aromatic rings. The van der Waals surface area contributed by atoms with Crippen LogP contribution < -0.4 is 5.56 Å². The molecule has 0 amide bonds. The summed E-state index contributed by atoms with van der Waals surface area (Å²) in [4.78, 5) is 36.1. The van der Waals surface area contributed by atoms with Crippen molar-refractivity contribution in [1.82, 2.24) is 19.5 Å². The minimum absolute atomic E-state index is 0.157. The number of hydrogen-bond acceptors (Lipinski definition) is 6. The van der Waals surface area contributed by atoms with Gasteiger partial charge in [-0.2, -0.15) is 4.98 Å². The number of carbonyl (C=O) groups is 1. The van der Waals surface area contributed by atoms with Gasteiger partial charge in [-0.15, -0.1) is 0 Å². The Balaban J connectivity index is 1.71. The van der Waals surface area contributed by atoms with Gasteiger partial charge < -0.3 is 5.11 Å². The van der Waals surface area contributed by atoms with Crippen molar-refractivity contribution in [2.45, 2.75) is 17.3 Å². The second kappa shape index (κ2) is 9.52. The summed E-state index contributed by atoms with van der Waals surface area (Å²) in [6.07, 6.45) is 6.69. The first-order valence-corrected chi connectivity index (χ1v) is 10.6. The van der Waals surface area contributed by atoms with Crippen LogP contribution >= 0.6 is 11.8 Å². The molecule has 0 radical (unpaired) electrons. The Hall–Kier alpha value is -3.85. The van der Waals surface area contributed by atoms with Crippen molar-refractivity contribution in [3.8, 4) is 5.69 Å². The molecule has 2 aromatic carbocycles. The average molecular weight is 448 g/mol. The van der Waals surface area contributed by atoms with Gasteiger partial charge in [0.2, 0.25) is 0 Å². The molecular formula is C23H17FN4O3S. The van der Waals surface area contributed by atoms with Crippen LogP contribution in [0.5, 0.6) is 0 Å². The SMILES string of the molecule is O=C(O)c1ccc(-n2cc(Cc3cncnc3)c(=O)nc2SCc2ccc(F)cc2)cc1. The number of carboxylic acid groups (broad SMARTS) is 1. The maximum atomic E-state index is 13.2. The molecule has 0 aliphatic heterocycles. The Kier molecular flexibility index (Phi) is 6.37. The molecule has 160 valence electrons. The smallest absolute Gasteiger partial charge is 0.335 e. The Morgan fingerprint density at radius 2 is 1.69 bits per heavy atom. The summed E-state index contributed by atoms with van der Waals surface area (Å²) < 4.78 is 14.9. The maximum absolute atomic E-state index is 13.2. The van der Waals surface area contributed by atoms with Gasteiger partial charge in [-0.05, 0) is 47.5 Å². The third-order valence-corrected chi connectivity index (χ3v) is 5.67. The summed E-state index contributed by atoms with van der Waals surface area (Å²) in [6, 6.07) is 12.4. The lowest BCUT2D eigenvalue weighted by Gasteiger charge is -2.14. The number of benzene rings is 2. The molecule has 2 aromatic heterocycles. The molecule has 0 aliphatic carbocycles. The average Bonchev–Trinajstić information content (AvgIpc) is 2.81. The van der Waals surface area contributed by atoms with Gasteiger partial charge in [0.25, 0.3) is 5.56 Å². The Labute approximate surface area is 186 Å². The van der Waals surface area contributed by atoms with Crippen LogP contribution in [-0.4, -0.2) is 30.6 Å². The fourth-order valence-electron chi connectivity index (χ4n) is 3.02. The fourth-order valence-corrected chi connectivity index (χ4v) is 3.95. The molecule has 0 unspecified atom stereocenters. The monoisotopic (exact) mass is 448 g/mol. The highest BCUT2D eigenvalue weighted by molar-refractivity contribution is 7.98. The van der Waals surface area contributed by atoms with Gasteiger partial charge in [-0.25, -0.2) is 19.2 Å². The van der Waals surface area contributed by atoms with E-state index in [0.29, 0.717) is 28.6 Å². The van der Waals surface area contributed by atoms with Crippen molar-refractivity contribution < 1.29 is 14.3 Å². The molecule has 32 heavy (non-hydrogen) atoms. The second-order valence-electron chi connectivity index (χ2n) is 6.91. The highest BCUT2D eigenvalue weighted by Crippen LogP contribution is 2.24. The van der Waals surface area contributed by atoms with Crippen LogP contribution in [0.1, 0.15) is 27.0 Å². The molecule has 2 heterocycles. The number of hydrogen-bond donors (Lipinski definition) is 1. The quantitative estimate of drug-likeness (QED) is 0.340. The number of aromatic carboxylic acids is 1. The van der Waals surface area contributed by atoms with Gasteiger partial charge in [0, 0.05) is 42.0 Å². The Morgan fingerprint density at radius 3 is 2.34 bits per heavy atom. The fraction of sp³-hybridized carbons (Fsp3) is 0.0870. The van der Waals surface area contributed by atoms with Crippen LogP contribution in [0.15, 0.2) is 83.4 Å². The van der Waals surface area contributed by atoms with E-state index in [1.165, 1.54) is 42.4 Å². The highest BCUT2D eigenvalue weighted by Gasteiger charge is 2.13. The molecule has 0 saturated heterocycles. The van der Waals surface area contributed by atoms with Crippen molar-refractivity contribution >= 4 is 17.7 Å². The van der Waals surface area contributed by atoms with Gasteiger partial charge in [0.15, 0.2) is 5.16 Å². The van der Waals surface area contributed by atoms with Crippen LogP contribution in [0.25, 0.3) is 5.69 Å². The summed E-state index contributed by atoms with van der Waals surface area (Å²) in [5.41, 5.74) is 2.55. The van der Waals surface area contributed by atoms with Crippen LogP contribution in [0.3, 0.4) is 0 Å². The van der Waals surface area contributed by atoms with Crippen LogP contribution in [-0.2, 0) is 12.2 Å². The topological polar surface area (TPSA) is 98.0 Å². The third-order valence-electron chi connectivity index (χ3n) is 4.65. The summed E-state index contributed by atoms with van der Waals surface area (Å²) >= 11 is 1.33. The van der Waals surface area contributed by atoms with Crippen LogP contribution in [0, 0.1) is 5.82 Å². The van der Waals surface area contributed by atoms with Crippen molar-refractivity contribution in [2.75, 3.05) is 0 Å². The molecule has 0 saturated carbocycles. The van der Waals surface area contributed by atoms with E-state index < -0.39 is 5.97 Å². The number of carboxylic acids is 1. The van der Waals surface area contributed by atoms with Crippen LogP contribution in [0.2, 0.25) is 0 Å². The zero-order chi connectivity index (χ0) is 22.5. The first-order chi connectivity index (χ1) is 15.5. The minimum atomic E-state index is -1.02. The molecular weight excluding hydrogens is 431 g/mol. The lowest BCUT2D eigenvalue weighted by molar-refractivity contribution is 0.0697. The van der Waals surface area contributed by atoms with E-state index in [2.05, 4.69) is 15.0 Å². The van der Waals surface area contributed by atoms with E-state index in [1.54, 1.807) is 47.4 Å². The zero-order valence-electron chi connectivity index (χ0n) is 16.7. The predicted octanol–water partition coefficient (Wildman–Crippen LogP) is 3.74. The first-order valence-electron chi connectivity index (χ1n) is 9.57.